The van der Waals surface area contributed by atoms with Crippen molar-refractivity contribution >= 4 is 17.3 Å². The Bertz CT molecular complexity index is 1170. The molecule has 0 saturated carbocycles. The van der Waals surface area contributed by atoms with Crippen molar-refractivity contribution < 1.29 is 14.3 Å². The highest BCUT2D eigenvalue weighted by Gasteiger charge is 2.49. The van der Waals surface area contributed by atoms with E-state index in [4.69, 9.17) is 10.5 Å². The Morgan fingerprint density at radius 3 is 1.97 bits per heavy atom. The van der Waals surface area contributed by atoms with Gasteiger partial charge in [0.2, 0.25) is 0 Å². The SMILES string of the molecule is CCOCN.Cc1ccc(C2(c3ccc(N(C)C)cc3)OC(=O)c3cc(N(C)C)ccc32)c(C)c1. The summed E-state index contributed by atoms with van der Waals surface area (Å²) >= 11 is 0. The van der Waals surface area contributed by atoms with E-state index in [9.17, 15) is 4.79 Å². The topological polar surface area (TPSA) is 68.0 Å². The molecule has 0 aromatic heterocycles. The molecule has 0 saturated heterocycles. The molecule has 0 fully saturated rings. The zero-order chi connectivity index (χ0) is 25.8. The van der Waals surface area contributed by atoms with Gasteiger partial charge in [0.1, 0.15) is 0 Å². The van der Waals surface area contributed by atoms with Crippen molar-refractivity contribution in [1.82, 2.24) is 0 Å². The molecule has 3 aromatic carbocycles. The maximum atomic E-state index is 13.1. The second-order valence-corrected chi connectivity index (χ2v) is 9.11. The molecule has 0 spiro atoms. The fraction of sp³-hybridized carbons (Fsp3) is 0.345. The molecular formula is C29H37N3O3. The number of anilines is 2. The minimum Gasteiger partial charge on any atom is -0.441 e. The lowest BCUT2D eigenvalue weighted by Crippen LogP contribution is -2.30. The van der Waals surface area contributed by atoms with Gasteiger partial charge in [0.05, 0.1) is 12.3 Å². The molecule has 2 N–H and O–H groups in total. The first-order valence-electron chi connectivity index (χ1n) is 11.8. The molecule has 3 aromatic rings. The number of hydrogen-bond acceptors (Lipinski definition) is 6. The van der Waals surface area contributed by atoms with Gasteiger partial charge in [-0.15, -0.1) is 0 Å². The molecule has 0 amide bonds. The molecular weight excluding hydrogens is 438 g/mol. The lowest BCUT2D eigenvalue weighted by molar-refractivity contribution is 0.0250. The number of nitrogens with zero attached hydrogens (tertiary/aromatic N) is 2. The number of benzene rings is 3. The van der Waals surface area contributed by atoms with Gasteiger partial charge in [-0.1, -0.05) is 42.0 Å². The van der Waals surface area contributed by atoms with Crippen LogP contribution < -0.4 is 15.5 Å². The number of esters is 1. The smallest absolute Gasteiger partial charge is 0.340 e. The second kappa shape index (κ2) is 10.9. The molecule has 1 unspecified atom stereocenters. The van der Waals surface area contributed by atoms with Crippen LogP contribution in [0.25, 0.3) is 0 Å². The molecule has 1 aliphatic heterocycles. The zero-order valence-corrected chi connectivity index (χ0v) is 21.9. The maximum Gasteiger partial charge on any atom is 0.340 e. The van der Waals surface area contributed by atoms with E-state index in [2.05, 4.69) is 65.9 Å². The summed E-state index contributed by atoms with van der Waals surface area (Å²) in [4.78, 5) is 17.2. The van der Waals surface area contributed by atoms with Crippen molar-refractivity contribution in [3.63, 3.8) is 0 Å². The van der Waals surface area contributed by atoms with Gasteiger partial charge < -0.3 is 25.0 Å². The summed E-state index contributed by atoms with van der Waals surface area (Å²) in [5, 5.41) is 0. The minimum atomic E-state index is -0.958. The van der Waals surface area contributed by atoms with Crippen molar-refractivity contribution in [1.29, 1.82) is 0 Å². The molecule has 0 radical (unpaired) electrons. The quantitative estimate of drug-likeness (QED) is 0.407. The van der Waals surface area contributed by atoms with Gasteiger partial charge in [0.25, 0.3) is 0 Å². The van der Waals surface area contributed by atoms with Gasteiger partial charge in [-0.2, -0.15) is 0 Å². The van der Waals surface area contributed by atoms with E-state index < -0.39 is 5.60 Å². The van der Waals surface area contributed by atoms with Gasteiger partial charge in [0.15, 0.2) is 5.60 Å². The van der Waals surface area contributed by atoms with E-state index in [1.807, 2.05) is 58.2 Å². The third-order valence-corrected chi connectivity index (χ3v) is 6.24. The molecule has 4 rings (SSSR count). The largest absolute Gasteiger partial charge is 0.441 e. The number of nitrogens with two attached hydrogens (primary N) is 1. The van der Waals surface area contributed by atoms with Crippen molar-refractivity contribution in [2.45, 2.75) is 26.4 Å². The Labute approximate surface area is 209 Å². The predicted octanol–water partition coefficient (Wildman–Crippen LogP) is 4.84. The monoisotopic (exact) mass is 475 g/mol. The number of hydrogen-bond donors (Lipinski definition) is 1. The highest BCUT2D eigenvalue weighted by Crippen LogP contribution is 2.49. The molecule has 1 atom stereocenters. The number of ether oxygens (including phenoxy) is 2. The number of cyclic esters (lactones) is 1. The Balaban J connectivity index is 0.000000623. The summed E-state index contributed by atoms with van der Waals surface area (Å²) in [6.07, 6.45) is 0. The highest BCUT2D eigenvalue weighted by atomic mass is 16.6. The second-order valence-electron chi connectivity index (χ2n) is 9.11. The van der Waals surface area contributed by atoms with Crippen LogP contribution >= 0.6 is 0 Å². The standard InChI is InChI=1S/C26H28N2O2.C3H9NO/c1-17-7-13-23(18(2)15-17)26(19-8-10-20(11-9-19)27(3)4)24-14-12-21(28(5)6)16-22(24)25(29)30-26;1-2-5-3-4/h7-16H,1-6H3;2-4H2,1H3. The molecule has 1 aliphatic rings. The summed E-state index contributed by atoms with van der Waals surface area (Å²) in [6.45, 7) is 7.13. The Morgan fingerprint density at radius 2 is 1.46 bits per heavy atom. The molecule has 1 heterocycles. The van der Waals surface area contributed by atoms with Crippen molar-refractivity contribution in [3.8, 4) is 0 Å². The Morgan fingerprint density at radius 1 is 0.857 bits per heavy atom. The Kier molecular flexibility index (Phi) is 8.20. The van der Waals surface area contributed by atoms with Crippen LogP contribution in [0.1, 0.15) is 45.1 Å². The van der Waals surface area contributed by atoms with E-state index in [1.165, 1.54) is 5.56 Å². The van der Waals surface area contributed by atoms with Gasteiger partial charge >= 0.3 is 5.97 Å². The van der Waals surface area contributed by atoms with Crippen LogP contribution in [-0.4, -0.2) is 47.5 Å². The molecule has 6 nitrogen and oxygen atoms in total. The number of carbonyl (C=O) groups is 1. The van der Waals surface area contributed by atoms with Gasteiger partial charge in [-0.25, -0.2) is 4.79 Å². The summed E-state index contributed by atoms with van der Waals surface area (Å²) < 4.78 is 10.9. The average molecular weight is 476 g/mol. The first-order chi connectivity index (χ1) is 16.6. The van der Waals surface area contributed by atoms with Crippen molar-refractivity contribution in [3.05, 3.63) is 94.0 Å². The molecule has 0 aliphatic carbocycles. The van der Waals surface area contributed by atoms with Crippen LogP contribution in [0, 0.1) is 13.8 Å². The molecule has 35 heavy (non-hydrogen) atoms. The zero-order valence-electron chi connectivity index (χ0n) is 21.9. The van der Waals surface area contributed by atoms with Crippen LogP contribution in [-0.2, 0) is 15.1 Å². The lowest BCUT2D eigenvalue weighted by atomic mass is 9.77. The van der Waals surface area contributed by atoms with Crippen LogP contribution in [0.4, 0.5) is 11.4 Å². The molecule has 186 valence electrons. The number of carbonyl (C=O) groups excluding carboxylic acids is 1. The fourth-order valence-electron chi connectivity index (χ4n) is 4.43. The fourth-order valence-corrected chi connectivity index (χ4v) is 4.43. The van der Waals surface area contributed by atoms with Gasteiger partial charge in [0, 0.05) is 62.9 Å². The summed E-state index contributed by atoms with van der Waals surface area (Å²) in [5.74, 6) is -0.287. The first-order valence-corrected chi connectivity index (χ1v) is 11.8. The number of rotatable bonds is 6. The summed E-state index contributed by atoms with van der Waals surface area (Å²) in [7, 11) is 7.98. The maximum absolute atomic E-state index is 13.1. The van der Waals surface area contributed by atoms with E-state index in [0.717, 1.165) is 40.2 Å². The minimum absolute atomic E-state index is 0.287. The molecule has 0 bridgehead atoms. The van der Waals surface area contributed by atoms with E-state index in [0.29, 0.717) is 12.3 Å². The lowest BCUT2D eigenvalue weighted by Gasteiger charge is -2.32. The van der Waals surface area contributed by atoms with Crippen LogP contribution in [0.2, 0.25) is 0 Å². The molecule has 6 heteroatoms. The predicted molar refractivity (Wildman–Crippen MR) is 143 cm³/mol. The normalized spacial score (nSPS) is 16.2. The number of fused-ring (bicyclic) bond motifs is 1. The van der Waals surface area contributed by atoms with E-state index in [1.54, 1.807) is 0 Å². The summed E-state index contributed by atoms with van der Waals surface area (Å²) in [5.41, 5.74) is 11.8. The van der Waals surface area contributed by atoms with Crippen molar-refractivity contribution in [2.24, 2.45) is 5.73 Å². The van der Waals surface area contributed by atoms with Crippen molar-refractivity contribution in [2.75, 3.05) is 51.3 Å². The third-order valence-electron chi connectivity index (χ3n) is 6.24. The summed E-state index contributed by atoms with van der Waals surface area (Å²) in [6, 6.07) is 20.6. The van der Waals surface area contributed by atoms with Gasteiger partial charge in [-0.3, -0.25) is 0 Å². The average Bonchev–Trinajstić information content (AvgIpc) is 3.12. The third kappa shape index (κ3) is 5.19. The number of aryl methyl sites for hydroxylation is 2. The highest BCUT2D eigenvalue weighted by molar-refractivity contribution is 5.97. The van der Waals surface area contributed by atoms with Crippen LogP contribution in [0.15, 0.2) is 60.7 Å². The Hall–Kier alpha value is -3.35. The van der Waals surface area contributed by atoms with Gasteiger partial charge in [-0.05, 0) is 50.6 Å². The van der Waals surface area contributed by atoms with E-state index in [-0.39, 0.29) is 5.97 Å². The first kappa shape index (κ1) is 26.3. The van der Waals surface area contributed by atoms with Crippen LogP contribution in [0.5, 0.6) is 0 Å². The van der Waals surface area contributed by atoms with E-state index >= 15 is 0 Å². The van der Waals surface area contributed by atoms with Crippen LogP contribution in [0.3, 0.4) is 0 Å².